The Morgan fingerprint density at radius 3 is 3.05 bits per heavy atom. The van der Waals surface area contributed by atoms with Crippen LogP contribution in [0.25, 0.3) is 0 Å². The highest BCUT2D eigenvalue weighted by Gasteiger charge is 2.43. The SMILES string of the molecule is CC1(C(=O)O)CCCN1Cc1cc(Cl)c2c(c1)OCO2. The van der Waals surface area contributed by atoms with Crippen molar-refractivity contribution in [3.8, 4) is 11.5 Å². The van der Waals surface area contributed by atoms with E-state index in [0.29, 0.717) is 29.5 Å². The molecule has 5 nitrogen and oxygen atoms in total. The van der Waals surface area contributed by atoms with Gasteiger partial charge in [-0.3, -0.25) is 9.69 Å². The van der Waals surface area contributed by atoms with E-state index in [-0.39, 0.29) is 6.79 Å². The van der Waals surface area contributed by atoms with Gasteiger partial charge in [-0.1, -0.05) is 11.6 Å². The summed E-state index contributed by atoms with van der Waals surface area (Å²) in [4.78, 5) is 13.4. The molecule has 2 heterocycles. The molecule has 0 aromatic heterocycles. The van der Waals surface area contributed by atoms with E-state index >= 15 is 0 Å². The van der Waals surface area contributed by atoms with Gasteiger partial charge in [-0.2, -0.15) is 0 Å². The summed E-state index contributed by atoms with van der Waals surface area (Å²) in [6, 6.07) is 3.68. The molecule has 0 aliphatic carbocycles. The molecule has 0 bridgehead atoms. The van der Waals surface area contributed by atoms with Crippen molar-refractivity contribution in [2.24, 2.45) is 0 Å². The third kappa shape index (κ3) is 2.11. The summed E-state index contributed by atoms with van der Waals surface area (Å²) in [7, 11) is 0. The minimum atomic E-state index is -0.803. The zero-order chi connectivity index (χ0) is 14.3. The Kier molecular flexibility index (Phi) is 3.26. The Morgan fingerprint density at radius 1 is 1.50 bits per heavy atom. The second-order valence-corrected chi connectivity index (χ2v) is 5.82. The Labute approximate surface area is 122 Å². The molecule has 0 spiro atoms. The van der Waals surface area contributed by atoms with Gasteiger partial charge in [0.15, 0.2) is 11.5 Å². The lowest BCUT2D eigenvalue weighted by Crippen LogP contribution is -2.47. The number of likely N-dealkylation sites (tertiary alicyclic amines) is 1. The van der Waals surface area contributed by atoms with Crippen molar-refractivity contribution in [2.45, 2.75) is 31.8 Å². The first-order chi connectivity index (χ1) is 9.50. The maximum absolute atomic E-state index is 11.5. The van der Waals surface area contributed by atoms with E-state index in [9.17, 15) is 9.90 Å². The van der Waals surface area contributed by atoms with Crippen LogP contribution in [0.15, 0.2) is 12.1 Å². The number of aliphatic carboxylic acids is 1. The third-order valence-electron chi connectivity index (χ3n) is 4.11. The van der Waals surface area contributed by atoms with Crippen LogP contribution in [0.2, 0.25) is 5.02 Å². The topological polar surface area (TPSA) is 59.0 Å². The van der Waals surface area contributed by atoms with Crippen LogP contribution in [0, 0.1) is 0 Å². The Balaban J connectivity index is 1.85. The Hall–Kier alpha value is -1.46. The molecule has 2 aliphatic rings. The number of ether oxygens (including phenoxy) is 2. The van der Waals surface area contributed by atoms with E-state index in [1.165, 1.54) is 0 Å². The summed E-state index contributed by atoms with van der Waals surface area (Å²) in [5.41, 5.74) is 0.136. The highest BCUT2D eigenvalue weighted by Crippen LogP contribution is 2.41. The van der Waals surface area contributed by atoms with Crippen LogP contribution in [0.1, 0.15) is 25.3 Å². The van der Waals surface area contributed by atoms with Gasteiger partial charge in [0.1, 0.15) is 5.54 Å². The molecule has 6 heteroatoms. The van der Waals surface area contributed by atoms with Crippen molar-refractivity contribution in [3.63, 3.8) is 0 Å². The summed E-state index contributed by atoms with van der Waals surface area (Å²) in [6.07, 6.45) is 1.56. The maximum atomic E-state index is 11.5. The minimum Gasteiger partial charge on any atom is -0.480 e. The summed E-state index contributed by atoms with van der Waals surface area (Å²) in [5.74, 6) is 0.420. The number of hydrogen-bond donors (Lipinski definition) is 1. The Bertz CT molecular complexity index is 562. The zero-order valence-corrected chi connectivity index (χ0v) is 11.9. The fourth-order valence-electron chi connectivity index (χ4n) is 2.85. The van der Waals surface area contributed by atoms with Gasteiger partial charge in [0, 0.05) is 6.54 Å². The highest BCUT2D eigenvalue weighted by atomic mass is 35.5. The van der Waals surface area contributed by atoms with Crippen LogP contribution in [-0.4, -0.2) is 34.9 Å². The molecule has 0 saturated carbocycles. The van der Waals surface area contributed by atoms with Gasteiger partial charge in [-0.25, -0.2) is 0 Å². The van der Waals surface area contributed by atoms with Crippen LogP contribution in [0.5, 0.6) is 11.5 Å². The van der Waals surface area contributed by atoms with Crippen molar-refractivity contribution in [1.29, 1.82) is 0 Å². The second kappa shape index (κ2) is 4.82. The quantitative estimate of drug-likeness (QED) is 0.929. The number of hydrogen-bond acceptors (Lipinski definition) is 4. The molecule has 3 rings (SSSR count). The van der Waals surface area contributed by atoms with Gasteiger partial charge in [0.05, 0.1) is 5.02 Å². The molecule has 108 valence electrons. The van der Waals surface area contributed by atoms with E-state index < -0.39 is 11.5 Å². The average molecular weight is 298 g/mol. The number of halogens is 1. The van der Waals surface area contributed by atoms with Crippen LogP contribution >= 0.6 is 11.6 Å². The highest BCUT2D eigenvalue weighted by molar-refractivity contribution is 6.32. The molecule has 1 atom stereocenters. The summed E-state index contributed by atoms with van der Waals surface area (Å²) in [5, 5.41) is 9.92. The lowest BCUT2D eigenvalue weighted by atomic mass is 9.99. The van der Waals surface area contributed by atoms with Crippen molar-refractivity contribution in [1.82, 2.24) is 4.90 Å². The number of nitrogens with zero attached hydrogens (tertiary/aromatic N) is 1. The lowest BCUT2D eigenvalue weighted by Gasteiger charge is -2.31. The van der Waals surface area contributed by atoms with E-state index in [0.717, 1.165) is 18.5 Å². The second-order valence-electron chi connectivity index (χ2n) is 5.42. The molecule has 0 amide bonds. The van der Waals surface area contributed by atoms with E-state index in [2.05, 4.69) is 0 Å². The number of carbonyl (C=O) groups is 1. The van der Waals surface area contributed by atoms with Crippen LogP contribution in [0.3, 0.4) is 0 Å². The fourth-order valence-corrected chi connectivity index (χ4v) is 3.14. The predicted molar refractivity (Wildman–Crippen MR) is 73.3 cm³/mol. The molecular weight excluding hydrogens is 282 g/mol. The van der Waals surface area contributed by atoms with E-state index in [1.807, 2.05) is 17.0 Å². The number of carboxylic acid groups (broad SMARTS) is 1. The van der Waals surface area contributed by atoms with Crippen molar-refractivity contribution in [3.05, 3.63) is 22.7 Å². The first-order valence-electron chi connectivity index (χ1n) is 6.57. The van der Waals surface area contributed by atoms with Crippen molar-refractivity contribution < 1.29 is 19.4 Å². The average Bonchev–Trinajstić information content (AvgIpc) is 2.98. The fraction of sp³-hybridized carbons (Fsp3) is 0.500. The van der Waals surface area contributed by atoms with E-state index in [4.69, 9.17) is 21.1 Å². The standard InChI is InChI=1S/C14H16ClNO4/c1-14(13(17)18)3-2-4-16(14)7-9-5-10(15)12-11(6-9)19-8-20-12/h5-6H,2-4,7-8H2,1H3,(H,17,18). The van der Waals surface area contributed by atoms with Crippen LogP contribution in [-0.2, 0) is 11.3 Å². The summed E-state index contributed by atoms with van der Waals surface area (Å²) >= 11 is 6.15. The molecule has 1 fully saturated rings. The van der Waals surface area contributed by atoms with Gasteiger partial charge >= 0.3 is 5.97 Å². The summed E-state index contributed by atoms with van der Waals surface area (Å²) in [6.45, 7) is 3.26. The van der Waals surface area contributed by atoms with Gasteiger partial charge in [-0.15, -0.1) is 0 Å². The first kappa shape index (κ1) is 13.5. The number of rotatable bonds is 3. The normalized spacial score (nSPS) is 25.1. The van der Waals surface area contributed by atoms with Crippen LogP contribution < -0.4 is 9.47 Å². The molecule has 20 heavy (non-hydrogen) atoms. The predicted octanol–water partition coefficient (Wildman–Crippen LogP) is 2.51. The van der Waals surface area contributed by atoms with Gasteiger partial charge < -0.3 is 14.6 Å². The minimum absolute atomic E-state index is 0.176. The number of fused-ring (bicyclic) bond motifs is 1. The molecule has 1 aromatic rings. The van der Waals surface area contributed by atoms with Gasteiger partial charge in [0.25, 0.3) is 0 Å². The smallest absolute Gasteiger partial charge is 0.323 e. The van der Waals surface area contributed by atoms with Gasteiger partial charge in [-0.05, 0) is 44.0 Å². The monoisotopic (exact) mass is 297 g/mol. The molecule has 0 radical (unpaired) electrons. The molecule has 2 aliphatic heterocycles. The van der Waals surface area contributed by atoms with E-state index in [1.54, 1.807) is 6.92 Å². The Morgan fingerprint density at radius 2 is 2.30 bits per heavy atom. The van der Waals surface area contributed by atoms with Crippen LogP contribution in [0.4, 0.5) is 0 Å². The zero-order valence-electron chi connectivity index (χ0n) is 11.2. The number of benzene rings is 1. The third-order valence-corrected chi connectivity index (χ3v) is 4.39. The molecule has 1 N–H and O–H groups in total. The molecule has 1 unspecified atom stereocenters. The van der Waals surface area contributed by atoms with Gasteiger partial charge in [0.2, 0.25) is 6.79 Å². The first-order valence-corrected chi connectivity index (χ1v) is 6.95. The van der Waals surface area contributed by atoms with Crippen molar-refractivity contribution >= 4 is 17.6 Å². The van der Waals surface area contributed by atoms with Crippen molar-refractivity contribution in [2.75, 3.05) is 13.3 Å². The molecule has 1 saturated heterocycles. The number of carboxylic acids is 1. The largest absolute Gasteiger partial charge is 0.480 e. The maximum Gasteiger partial charge on any atom is 0.323 e. The molecule has 1 aromatic carbocycles. The lowest BCUT2D eigenvalue weighted by molar-refractivity contribution is -0.148. The summed E-state index contributed by atoms with van der Waals surface area (Å²) < 4.78 is 10.6. The molecular formula is C14H16ClNO4.